The highest BCUT2D eigenvalue weighted by molar-refractivity contribution is 7.17. The lowest BCUT2D eigenvalue weighted by Gasteiger charge is -1.98. The summed E-state index contributed by atoms with van der Waals surface area (Å²) in [4.78, 5) is 16.5. The number of esters is 1. The average molecular weight is 301 g/mol. The van der Waals surface area contributed by atoms with Crippen LogP contribution in [-0.2, 0) is 4.74 Å². The molecule has 21 heavy (non-hydrogen) atoms. The second kappa shape index (κ2) is 7.35. The highest BCUT2D eigenvalue weighted by Crippen LogP contribution is 2.23. The zero-order valence-electron chi connectivity index (χ0n) is 11.6. The van der Waals surface area contributed by atoms with E-state index in [-0.39, 0.29) is 6.61 Å². The van der Waals surface area contributed by atoms with Crippen molar-refractivity contribution in [3.8, 4) is 0 Å². The molecule has 1 N–H and O–H groups in total. The molecule has 0 spiro atoms. The number of ether oxygens (including phenoxy) is 1. The second-order valence-electron chi connectivity index (χ2n) is 4.10. The van der Waals surface area contributed by atoms with Gasteiger partial charge in [0.15, 0.2) is 0 Å². The van der Waals surface area contributed by atoms with Crippen LogP contribution in [0, 0.1) is 6.92 Å². The van der Waals surface area contributed by atoms with E-state index < -0.39 is 5.97 Å². The van der Waals surface area contributed by atoms with Crippen LogP contribution < -0.4 is 5.43 Å². The molecule has 1 aromatic heterocycles. The molecule has 2 aromatic rings. The number of hydrazone groups is 1. The molecule has 1 heterocycles. The number of hydrogen-bond acceptors (Lipinski definition) is 6. The first kappa shape index (κ1) is 14.9. The van der Waals surface area contributed by atoms with Gasteiger partial charge in [-0.25, -0.2) is 9.78 Å². The Hall–Kier alpha value is -2.47. The molecule has 2 rings (SSSR count). The number of anilines is 1. The fourth-order valence-corrected chi connectivity index (χ4v) is 2.34. The first-order valence-corrected chi connectivity index (χ1v) is 7.12. The molecule has 0 aliphatic rings. The molecule has 108 valence electrons. The van der Waals surface area contributed by atoms with E-state index in [0.717, 1.165) is 5.56 Å². The molecule has 0 saturated heterocycles. The molecule has 0 fully saturated rings. The van der Waals surface area contributed by atoms with Crippen LogP contribution in [0.4, 0.5) is 5.13 Å². The fraction of sp³-hybridized carbons (Fsp3) is 0.133. The summed E-state index contributed by atoms with van der Waals surface area (Å²) in [5.41, 5.74) is 4.41. The minimum absolute atomic E-state index is 0.186. The average Bonchev–Trinajstić information content (AvgIpc) is 2.87. The monoisotopic (exact) mass is 301 g/mol. The zero-order chi connectivity index (χ0) is 15.1. The Balaban J connectivity index is 2.00. The SMILES string of the molecule is C=CCOC(=O)c1sc(N/N=C/c2ccccc2)nc1C. The minimum atomic E-state index is -0.398. The Morgan fingerprint density at radius 1 is 1.48 bits per heavy atom. The summed E-state index contributed by atoms with van der Waals surface area (Å²) in [6, 6.07) is 9.69. The van der Waals surface area contributed by atoms with E-state index >= 15 is 0 Å². The smallest absolute Gasteiger partial charge is 0.350 e. The molecule has 0 aliphatic carbocycles. The third kappa shape index (κ3) is 4.25. The Morgan fingerprint density at radius 2 is 2.24 bits per heavy atom. The normalized spacial score (nSPS) is 10.5. The lowest BCUT2D eigenvalue weighted by atomic mass is 10.2. The summed E-state index contributed by atoms with van der Waals surface area (Å²) < 4.78 is 4.99. The Morgan fingerprint density at radius 3 is 2.95 bits per heavy atom. The van der Waals surface area contributed by atoms with Crippen LogP contribution >= 0.6 is 11.3 Å². The highest BCUT2D eigenvalue weighted by Gasteiger charge is 2.16. The largest absolute Gasteiger partial charge is 0.457 e. The van der Waals surface area contributed by atoms with Crippen LogP contribution in [0.25, 0.3) is 0 Å². The summed E-state index contributed by atoms with van der Waals surface area (Å²) in [6.45, 7) is 5.44. The summed E-state index contributed by atoms with van der Waals surface area (Å²) in [7, 11) is 0. The molecule has 6 heteroatoms. The predicted molar refractivity (Wildman–Crippen MR) is 85.0 cm³/mol. The minimum Gasteiger partial charge on any atom is -0.457 e. The standard InChI is InChI=1S/C15H15N3O2S/c1-3-9-20-14(19)13-11(2)17-15(21-13)18-16-10-12-7-5-4-6-8-12/h3-8,10H,1,9H2,2H3,(H,17,18)/b16-10+. The van der Waals surface area contributed by atoms with Crippen LogP contribution in [0.2, 0.25) is 0 Å². The second-order valence-corrected chi connectivity index (χ2v) is 5.10. The van der Waals surface area contributed by atoms with Crippen LogP contribution in [0.3, 0.4) is 0 Å². The van der Waals surface area contributed by atoms with Gasteiger partial charge in [0.25, 0.3) is 0 Å². The molecule has 5 nitrogen and oxygen atoms in total. The number of aromatic nitrogens is 1. The van der Waals surface area contributed by atoms with Gasteiger partial charge < -0.3 is 4.74 Å². The van der Waals surface area contributed by atoms with Gasteiger partial charge >= 0.3 is 5.97 Å². The van der Waals surface area contributed by atoms with Crippen LogP contribution in [0.5, 0.6) is 0 Å². The molecule has 0 unspecified atom stereocenters. The first-order valence-electron chi connectivity index (χ1n) is 6.30. The summed E-state index contributed by atoms with van der Waals surface area (Å²) >= 11 is 1.21. The third-order valence-electron chi connectivity index (χ3n) is 2.49. The van der Waals surface area contributed by atoms with Gasteiger partial charge in [0.2, 0.25) is 5.13 Å². The molecule has 0 radical (unpaired) electrons. The van der Waals surface area contributed by atoms with Crippen molar-refractivity contribution in [3.63, 3.8) is 0 Å². The van der Waals surface area contributed by atoms with E-state index in [4.69, 9.17) is 4.74 Å². The van der Waals surface area contributed by atoms with Crippen LogP contribution in [-0.4, -0.2) is 23.8 Å². The lowest BCUT2D eigenvalue weighted by Crippen LogP contribution is -2.04. The Kier molecular flexibility index (Phi) is 5.22. The maximum Gasteiger partial charge on any atom is 0.350 e. The molecule has 0 saturated carbocycles. The maximum absolute atomic E-state index is 11.8. The van der Waals surface area contributed by atoms with Gasteiger partial charge in [0.05, 0.1) is 11.9 Å². The topological polar surface area (TPSA) is 63.6 Å². The maximum atomic E-state index is 11.8. The number of rotatable bonds is 6. The van der Waals surface area contributed by atoms with E-state index in [0.29, 0.717) is 15.7 Å². The van der Waals surface area contributed by atoms with Crippen molar-refractivity contribution in [1.82, 2.24) is 4.98 Å². The van der Waals surface area contributed by atoms with Gasteiger partial charge in [-0.1, -0.05) is 54.3 Å². The number of thiazole rings is 1. The van der Waals surface area contributed by atoms with Gasteiger partial charge in [-0.05, 0) is 12.5 Å². The predicted octanol–water partition coefficient (Wildman–Crippen LogP) is 3.24. The molecule has 0 amide bonds. The van der Waals surface area contributed by atoms with Gasteiger partial charge in [0, 0.05) is 0 Å². The Bertz CT molecular complexity index is 650. The van der Waals surface area contributed by atoms with Crippen molar-refractivity contribution in [2.75, 3.05) is 12.0 Å². The van der Waals surface area contributed by atoms with Gasteiger partial charge in [0.1, 0.15) is 11.5 Å². The van der Waals surface area contributed by atoms with Gasteiger partial charge in [-0.15, -0.1) is 0 Å². The number of carbonyl (C=O) groups is 1. The number of carbonyl (C=O) groups excluding carboxylic acids is 1. The van der Waals surface area contributed by atoms with Crippen molar-refractivity contribution in [2.45, 2.75) is 6.92 Å². The number of hydrogen-bond donors (Lipinski definition) is 1. The van der Waals surface area contributed by atoms with E-state index in [1.807, 2.05) is 30.3 Å². The molecule has 1 aromatic carbocycles. The van der Waals surface area contributed by atoms with Crippen LogP contribution in [0.1, 0.15) is 20.9 Å². The van der Waals surface area contributed by atoms with Crippen molar-refractivity contribution in [2.24, 2.45) is 5.10 Å². The zero-order valence-corrected chi connectivity index (χ0v) is 12.4. The molecule has 0 bridgehead atoms. The molecular formula is C15H15N3O2S. The van der Waals surface area contributed by atoms with E-state index in [1.165, 1.54) is 17.4 Å². The number of benzene rings is 1. The van der Waals surface area contributed by atoms with Crippen LogP contribution in [0.15, 0.2) is 48.1 Å². The third-order valence-corrected chi connectivity index (χ3v) is 3.53. The Labute approximate surface area is 127 Å². The summed E-state index contributed by atoms with van der Waals surface area (Å²) in [5.74, 6) is -0.398. The summed E-state index contributed by atoms with van der Waals surface area (Å²) in [6.07, 6.45) is 3.21. The van der Waals surface area contributed by atoms with Crippen molar-refractivity contribution >= 4 is 28.7 Å². The fourth-order valence-electron chi connectivity index (χ4n) is 1.53. The molecule has 0 aliphatic heterocycles. The van der Waals surface area contributed by atoms with Gasteiger partial charge in [-0.3, -0.25) is 5.43 Å². The van der Waals surface area contributed by atoms with Gasteiger partial charge in [-0.2, -0.15) is 5.10 Å². The van der Waals surface area contributed by atoms with E-state index in [2.05, 4.69) is 22.1 Å². The number of aryl methyl sites for hydroxylation is 1. The van der Waals surface area contributed by atoms with Crippen molar-refractivity contribution < 1.29 is 9.53 Å². The van der Waals surface area contributed by atoms with E-state index in [9.17, 15) is 4.79 Å². The molecular weight excluding hydrogens is 286 g/mol. The van der Waals surface area contributed by atoms with Crippen molar-refractivity contribution in [1.29, 1.82) is 0 Å². The summed E-state index contributed by atoms with van der Waals surface area (Å²) in [5, 5.41) is 4.64. The first-order chi connectivity index (χ1) is 10.2. The molecule has 0 atom stereocenters. The van der Waals surface area contributed by atoms with Crippen molar-refractivity contribution in [3.05, 3.63) is 59.1 Å². The van der Waals surface area contributed by atoms with E-state index in [1.54, 1.807) is 13.1 Å². The number of nitrogens with one attached hydrogen (secondary N) is 1. The highest BCUT2D eigenvalue weighted by atomic mass is 32.1. The quantitative estimate of drug-likeness (QED) is 0.385. The number of nitrogens with zero attached hydrogens (tertiary/aromatic N) is 2. The lowest BCUT2D eigenvalue weighted by molar-refractivity contribution is 0.0554.